The molecule has 1 aromatic rings. The number of aryl methyl sites for hydroxylation is 1. The minimum atomic E-state index is -0.854. The van der Waals surface area contributed by atoms with Crippen molar-refractivity contribution in [1.82, 2.24) is 0 Å². The number of carbonyl (C=O) groups is 1. The lowest BCUT2D eigenvalue weighted by molar-refractivity contribution is 0.0696. The zero-order valence-electron chi connectivity index (χ0n) is 11.8. The van der Waals surface area contributed by atoms with Gasteiger partial charge in [-0.1, -0.05) is 19.8 Å². The molecule has 0 heterocycles. The Bertz CT molecular complexity index is 456. The van der Waals surface area contributed by atoms with Crippen LogP contribution >= 0.6 is 0 Å². The van der Waals surface area contributed by atoms with Gasteiger partial charge in [0, 0.05) is 11.7 Å². The Morgan fingerprint density at radius 2 is 2.05 bits per heavy atom. The second-order valence-corrected chi connectivity index (χ2v) is 5.79. The van der Waals surface area contributed by atoms with Gasteiger partial charge in [-0.25, -0.2) is 4.79 Å². The second kappa shape index (κ2) is 6.09. The first-order chi connectivity index (χ1) is 9.06. The lowest BCUT2D eigenvalue weighted by Gasteiger charge is -2.18. The third kappa shape index (κ3) is 3.72. The number of hydrogen-bond acceptors (Lipinski definition) is 2. The largest absolute Gasteiger partial charge is 0.478 e. The maximum atomic E-state index is 11.0. The summed E-state index contributed by atoms with van der Waals surface area (Å²) in [6.07, 6.45) is 6.31. The molecule has 0 aromatic heterocycles. The summed E-state index contributed by atoms with van der Waals surface area (Å²) in [6, 6.07) is 6.04. The van der Waals surface area contributed by atoms with Crippen molar-refractivity contribution in [3.05, 3.63) is 29.3 Å². The highest BCUT2D eigenvalue weighted by atomic mass is 16.4. The Kier molecular flexibility index (Phi) is 4.46. The van der Waals surface area contributed by atoms with Crippen molar-refractivity contribution in [1.29, 1.82) is 0 Å². The first-order valence-corrected chi connectivity index (χ1v) is 7.16. The number of nitrogens with one attached hydrogen (secondary N) is 1. The van der Waals surface area contributed by atoms with Crippen LogP contribution in [0.15, 0.2) is 18.2 Å². The molecule has 0 amide bonds. The number of anilines is 1. The quantitative estimate of drug-likeness (QED) is 0.806. The summed E-state index contributed by atoms with van der Waals surface area (Å²) in [7, 11) is 0. The molecule has 1 aliphatic carbocycles. The summed E-state index contributed by atoms with van der Waals surface area (Å²) in [5.41, 5.74) is 2.25. The van der Waals surface area contributed by atoms with E-state index >= 15 is 0 Å². The predicted molar refractivity (Wildman–Crippen MR) is 77.8 cm³/mol. The number of carboxylic acid groups (broad SMARTS) is 1. The highest BCUT2D eigenvalue weighted by Crippen LogP contribution is 2.25. The average molecular weight is 261 g/mol. The van der Waals surface area contributed by atoms with Crippen LogP contribution in [0, 0.1) is 12.8 Å². The molecule has 0 radical (unpaired) electrons. The van der Waals surface area contributed by atoms with Crippen molar-refractivity contribution >= 4 is 11.7 Å². The van der Waals surface area contributed by atoms with Crippen molar-refractivity contribution in [3.8, 4) is 0 Å². The smallest absolute Gasteiger partial charge is 0.335 e. The van der Waals surface area contributed by atoms with Crippen LogP contribution in [0.5, 0.6) is 0 Å². The van der Waals surface area contributed by atoms with Gasteiger partial charge >= 0.3 is 5.97 Å². The zero-order valence-corrected chi connectivity index (χ0v) is 11.8. The van der Waals surface area contributed by atoms with Crippen LogP contribution in [0.3, 0.4) is 0 Å². The lowest BCUT2D eigenvalue weighted by Crippen LogP contribution is -2.18. The topological polar surface area (TPSA) is 49.3 Å². The van der Waals surface area contributed by atoms with Gasteiger partial charge in [0.1, 0.15) is 0 Å². The zero-order chi connectivity index (χ0) is 13.8. The van der Waals surface area contributed by atoms with Crippen LogP contribution in [-0.2, 0) is 0 Å². The molecule has 2 N–H and O–H groups in total. The van der Waals surface area contributed by atoms with Crippen LogP contribution in [0.4, 0.5) is 5.69 Å². The number of rotatable bonds is 3. The number of hydrogen-bond donors (Lipinski definition) is 2. The highest BCUT2D eigenvalue weighted by molar-refractivity contribution is 5.89. The second-order valence-electron chi connectivity index (χ2n) is 5.79. The summed E-state index contributed by atoms with van der Waals surface area (Å²) in [6.45, 7) is 4.18. The van der Waals surface area contributed by atoms with Gasteiger partial charge in [0.25, 0.3) is 0 Å². The molecule has 1 aromatic carbocycles. The Morgan fingerprint density at radius 3 is 2.74 bits per heavy atom. The first-order valence-electron chi connectivity index (χ1n) is 7.16. The molecular formula is C16H23NO2. The number of benzene rings is 1. The lowest BCUT2D eigenvalue weighted by atomic mass is 10.0. The summed E-state index contributed by atoms with van der Waals surface area (Å²) in [4.78, 5) is 11.0. The van der Waals surface area contributed by atoms with Gasteiger partial charge < -0.3 is 10.4 Å². The monoisotopic (exact) mass is 261 g/mol. The molecule has 2 unspecified atom stereocenters. The Morgan fingerprint density at radius 1 is 1.26 bits per heavy atom. The first kappa shape index (κ1) is 13.9. The van der Waals surface area contributed by atoms with Crippen LogP contribution in [0.2, 0.25) is 0 Å². The normalized spacial score (nSPS) is 23.7. The molecule has 2 atom stereocenters. The maximum Gasteiger partial charge on any atom is 0.335 e. The van der Waals surface area contributed by atoms with Crippen molar-refractivity contribution in [2.75, 3.05) is 5.32 Å². The summed E-state index contributed by atoms with van der Waals surface area (Å²) in [5.74, 6) is -0.0183. The molecule has 0 bridgehead atoms. The van der Waals surface area contributed by atoms with Crippen LogP contribution < -0.4 is 5.32 Å². The summed E-state index contributed by atoms with van der Waals surface area (Å²) >= 11 is 0. The standard InChI is InChI=1S/C16H23NO2/c1-11-4-3-5-13(7-6-11)17-14-8-9-15(16(18)19)12(2)10-14/h8-11,13,17H,3-7H2,1-2H3,(H,18,19). The van der Waals surface area contributed by atoms with Gasteiger partial charge in [-0.2, -0.15) is 0 Å². The van der Waals surface area contributed by atoms with E-state index in [0.717, 1.165) is 17.2 Å². The third-order valence-corrected chi connectivity index (χ3v) is 4.09. The van der Waals surface area contributed by atoms with Gasteiger partial charge in [0.05, 0.1) is 5.56 Å². The predicted octanol–water partition coefficient (Wildman–Crippen LogP) is 4.07. The molecule has 1 saturated carbocycles. The van der Waals surface area contributed by atoms with Gasteiger partial charge in [0.15, 0.2) is 0 Å². The van der Waals surface area contributed by atoms with Gasteiger partial charge in [0.2, 0.25) is 0 Å². The number of carboxylic acids is 1. The number of aromatic carboxylic acids is 1. The molecule has 0 aliphatic heterocycles. The average Bonchev–Trinajstić information content (AvgIpc) is 2.54. The minimum Gasteiger partial charge on any atom is -0.478 e. The maximum absolute atomic E-state index is 11.0. The molecule has 0 spiro atoms. The van der Waals surface area contributed by atoms with E-state index in [1.807, 2.05) is 19.1 Å². The molecule has 2 rings (SSSR count). The van der Waals surface area contributed by atoms with E-state index in [2.05, 4.69) is 12.2 Å². The Labute approximate surface area is 115 Å². The van der Waals surface area contributed by atoms with Gasteiger partial charge in [-0.05, 0) is 55.9 Å². The molecule has 0 saturated heterocycles. The molecule has 104 valence electrons. The highest BCUT2D eigenvalue weighted by Gasteiger charge is 2.16. The molecule has 19 heavy (non-hydrogen) atoms. The van der Waals surface area contributed by atoms with E-state index in [9.17, 15) is 4.79 Å². The van der Waals surface area contributed by atoms with E-state index in [-0.39, 0.29) is 0 Å². The SMILES string of the molecule is Cc1cc(NC2CCCC(C)CC2)ccc1C(=O)O. The van der Waals surface area contributed by atoms with Crippen LogP contribution in [-0.4, -0.2) is 17.1 Å². The Hall–Kier alpha value is -1.51. The van der Waals surface area contributed by atoms with E-state index in [1.54, 1.807) is 6.07 Å². The van der Waals surface area contributed by atoms with E-state index in [4.69, 9.17) is 5.11 Å². The fourth-order valence-electron chi connectivity index (χ4n) is 2.86. The molecule has 1 fully saturated rings. The Balaban J connectivity index is 2.03. The fraction of sp³-hybridized carbons (Fsp3) is 0.562. The van der Waals surface area contributed by atoms with Crippen LogP contribution in [0.25, 0.3) is 0 Å². The molecule has 3 nitrogen and oxygen atoms in total. The van der Waals surface area contributed by atoms with Crippen LogP contribution in [0.1, 0.15) is 54.9 Å². The van der Waals surface area contributed by atoms with Crippen molar-refractivity contribution in [3.63, 3.8) is 0 Å². The van der Waals surface area contributed by atoms with Gasteiger partial charge in [-0.15, -0.1) is 0 Å². The summed E-state index contributed by atoms with van der Waals surface area (Å²) < 4.78 is 0. The van der Waals surface area contributed by atoms with E-state index in [1.165, 1.54) is 32.1 Å². The minimum absolute atomic E-state index is 0.389. The fourth-order valence-corrected chi connectivity index (χ4v) is 2.86. The molecule has 1 aliphatic rings. The van der Waals surface area contributed by atoms with Crippen molar-refractivity contribution in [2.24, 2.45) is 5.92 Å². The van der Waals surface area contributed by atoms with E-state index in [0.29, 0.717) is 11.6 Å². The van der Waals surface area contributed by atoms with Crippen molar-refractivity contribution in [2.45, 2.75) is 52.0 Å². The summed E-state index contributed by atoms with van der Waals surface area (Å²) in [5, 5.41) is 12.6. The molecular weight excluding hydrogens is 238 g/mol. The third-order valence-electron chi connectivity index (χ3n) is 4.09. The van der Waals surface area contributed by atoms with E-state index < -0.39 is 5.97 Å². The molecule has 3 heteroatoms. The van der Waals surface area contributed by atoms with Gasteiger partial charge in [-0.3, -0.25) is 0 Å². The van der Waals surface area contributed by atoms with Crippen molar-refractivity contribution < 1.29 is 9.90 Å².